The first-order valence-corrected chi connectivity index (χ1v) is 3.92. The zero-order valence-electron chi connectivity index (χ0n) is 6.38. The summed E-state index contributed by atoms with van der Waals surface area (Å²) in [5.41, 5.74) is 0. The van der Waals surface area contributed by atoms with Gasteiger partial charge < -0.3 is 5.11 Å². The highest BCUT2D eigenvalue weighted by atomic mass is 16.3. The Labute approximate surface area is 62.4 Å². The molecule has 0 spiro atoms. The lowest BCUT2D eigenvalue weighted by atomic mass is 10.1. The summed E-state index contributed by atoms with van der Waals surface area (Å²) in [6, 6.07) is 0. The maximum Gasteiger partial charge on any atom is 0.114 e. The van der Waals surface area contributed by atoms with Crippen LogP contribution in [-0.2, 0) is 0 Å². The molecule has 1 unspecified atom stereocenters. The molecular formula is C9H14O. The van der Waals surface area contributed by atoms with Gasteiger partial charge in [-0.2, -0.15) is 0 Å². The predicted octanol–water partition coefficient (Wildman–Crippen LogP) is 1.42. The SMILES string of the molecule is C#CC(O)C[C@@H]1C[C@@H]1CC. The minimum absolute atomic E-state index is 0.499. The first-order chi connectivity index (χ1) is 4.77. The Morgan fingerprint density at radius 1 is 1.70 bits per heavy atom. The van der Waals surface area contributed by atoms with E-state index in [0.29, 0.717) is 0 Å². The van der Waals surface area contributed by atoms with Crippen LogP contribution in [0.4, 0.5) is 0 Å². The summed E-state index contributed by atoms with van der Waals surface area (Å²) in [6.07, 6.45) is 7.86. The van der Waals surface area contributed by atoms with Crippen molar-refractivity contribution in [3.05, 3.63) is 0 Å². The lowest BCUT2D eigenvalue weighted by Gasteiger charge is -1.99. The molecule has 56 valence electrons. The van der Waals surface area contributed by atoms with Crippen LogP contribution in [0.25, 0.3) is 0 Å². The van der Waals surface area contributed by atoms with Crippen molar-refractivity contribution in [3.8, 4) is 12.3 Å². The van der Waals surface area contributed by atoms with E-state index >= 15 is 0 Å². The second-order valence-electron chi connectivity index (χ2n) is 3.08. The maximum atomic E-state index is 9.05. The van der Waals surface area contributed by atoms with Crippen LogP contribution >= 0.6 is 0 Å². The molecule has 3 atom stereocenters. The molecular weight excluding hydrogens is 124 g/mol. The third-order valence-electron chi connectivity index (χ3n) is 2.31. The monoisotopic (exact) mass is 138 g/mol. The zero-order chi connectivity index (χ0) is 7.56. The van der Waals surface area contributed by atoms with Crippen LogP contribution in [0.2, 0.25) is 0 Å². The van der Waals surface area contributed by atoms with Crippen molar-refractivity contribution in [2.45, 2.75) is 32.3 Å². The second-order valence-corrected chi connectivity index (χ2v) is 3.08. The molecule has 0 radical (unpaired) electrons. The Morgan fingerprint density at radius 2 is 2.40 bits per heavy atom. The van der Waals surface area contributed by atoms with Crippen molar-refractivity contribution in [3.63, 3.8) is 0 Å². The fraction of sp³-hybridized carbons (Fsp3) is 0.778. The molecule has 0 bridgehead atoms. The van der Waals surface area contributed by atoms with E-state index in [1.165, 1.54) is 12.8 Å². The van der Waals surface area contributed by atoms with E-state index in [0.717, 1.165) is 18.3 Å². The quantitative estimate of drug-likeness (QED) is 0.585. The molecule has 10 heavy (non-hydrogen) atoms. The normalized spacial score (nSPS) is 32.9. The average Bonchev–Trinajstić information content (AvgIpc) is 2.67. The molecule has 1 fully saturated rings. The Morgan fingerprint density at radius 3 is 2.80 bits per heavy atom. The van der Waals surface area contributed by atoms with Gasteiger partial charge >= 0.3 is 0 Å². The fourth-order valence-corrected chi connectivity index (χ4v) is 1.45. The van der Waals surface area contributed by atoms with Gasteiger partial charge in [-0.15, -0.1) is 6.42 Å². The van der Waals surface area contributed by atoms with Crippen molar-refractivity contribution in [2.75, 3.05) is 0 Å². The van der Waals surface area contributed by atoms with Crippen LogP contribution in [0.15, 0.2) is 0 Å². The van der Waals surface area contributed by atoms with E-state index in [9.17, 15) is 0 Å². The number of rotatable bonds is 3. The first kappa shape index (κ1) is 7.63. The minimum Gasteiger partial charge on any atom is -0.380 e. The number of aliphatic hydroxyl groups is 1. The molecule has 0 amide bonds. The van der Waals surface area contributed by atoms with Crippen molar-refractivity contribution in [1.82, 2.24) is 0 Å². The smallest absolute Gasteiger partial charge is 0.114 e. The third-order valence-corrected chi connectivity index (χ3v) is 2.31. The highest BCUT2D eigenvalue weighted by Crippen LogP contribution is 2.43. The number of terminal acetylenes is 1. The van der Waals surface area contributed by atoms with Gasteiger partial charge in [0.1, 0.15) is 6.10 Å². The molecule has 0 aliphatic heterocycles. The first-order valence-electron chi connectivity index (χ1n) is 3.92. The standard InChI is InChI=1S/C9H14O/c1-3-7-5-8(7)6-9(10)4-2/h2,7-10H,3,5-6H2,1H3/t7-,8-,9?/m0/s1. The fourth-order valence-electron chi connectivity index (χ4n) is 1.45. The molecule has 0 saturated heterocycles. The van der Waals surface area contributed by atoms with Gasteiger partial charge in [-0.3, -0.25) is 0 Å². The maximum absolute atomic E-state index is 9.05. The van der Waals surface area contributed by atoms with Crippen LogP contribution in [0.1, 0.15) is 26.2 Å². The molecule has 0 aromatic heterocycles. The highest BCUT2D eigenvalue weighted by Gasteiger charge is 2.35. The van der Waals surface area contributed by atoms with E-state index in [1.54, 1.807) is 0 Å². The summed E-state index contributed by atoms with van der Waals surface area (Å²) >= 11 is 0. The van der Waals surface area contributed by atoms with E-state index < -0.39 is 6.10 Å². The Kier molecular flexibility index (Phi) is 2.34. The lowest BCUT2D eigenvalue weighted by Crippen LogP contribution is -2.03. The highest BCUT2D eigenvalue weighted by molar-refractivity contribution is 4.98. The number of aliphatic hydroxyl groups excluding tert-OH is 1. The van der Waals surface area contributed by atoms with E-state index in [-0.39, 0.29) is 0 Å². The third kappa shape index (κ3) is 1.75. The van der Waals surface area contributed by atoms with Crippen molar-refractivity contribution in [1.29, 1.82) is 0 Å². The van der Waals surface area contributed by atoms with Gasteiger partial charge in [0.25, 0.3) is 0 Å². The van der Waals surface area contributed by atoms with Gasteiger partial charge in [0.2, 0.25) is 0 Å². The zero-order valence-corrected chi connectivity index (χ0v) is 6.38. The number of hydrogen-bond donors (Lipinski definition) is 1. The average molecular weight is 138 g/mol. The summed E-state index contributed by atoms with van der Waals surface area (Å²) in [5.74, 6) is 3.91. The van der Waals surface area contributed by atoms with E-state index in [1.807, 2.05) is 0 Å². The molecule has 0 heterocycles. The van der Waals surface area contributed by atoms with Crippen LogP contribution in [0.5, 0.6) is 0 Å². The van der Waals surface area contributed by atoms with Gasteiger partial charge in [0.05, 0.1) is 0 Å². The van der Waals surface area contributed by atoms with Crippen LogP contribution in [0, 0.1) is 24.2 Å². The van der Waals surface area contributed by atoms with Crippen LogP contribution < -0.4 is 0 Å². The van der Waals surface area contributed by atoms with Crippen molar-refractivity contribution >= 4 is 0 Å². The molecule has 0 aromatic carbocycles. The second kappa shape index (κ2) is 3.07. The molecule has 1 rings (SSSR count). The topological polar surface area (TPSA) is 20.2 Å². The van der Waals surface area contributed by atoms with Crippen LogP contribution in [0.3, 0.4) is 0 Å². The largest absolute Gasteiger partial charge is 0.380 e. The van der Waals surface area contributed by atoms with Crippen LogP contribution in [-0.4, -0.2) is 11.2 Å². The molecule has 1 saturated carbocycles. The van der Waals surface area contributed by atoms with Gasteiger partial charge in [-0.1, -0.05) is 19.3 Å². The molecule has 1 heteroatoms. The van der Waals surface area contributed by atoms with Gasteiger partial charge in [0.15, 0.2) is 0 Å². The molecule has 1 N–H and O–H groups in total. The lowest BCUT2D eigenvalue weighted by molar-refractivity contribution is 0.212. The van der Waals surface area contributed by atoms with Gasteiger partial charge in [-0.05, 0) is 24.7 Å². The van der Waals surface area contributed by atoms with Crippen molar-refractivity contribution in [2.24, 2.45) is 11.8 Å². The Bertz CT molecular complexity index is 145. The Balaban J connectivity index is 2.13. The summed E-state index contributed by atoms with van der Waals surface area (Å²) in [6.45, 7) is 2.19. The predicted molar refractivity (Wildman–Crippen MR) is 41.3 cm³/mol. The molecule has 0 aromatic rings. The molecule has 1 nitrogen and oxygen atoms in total. The summed E-state index contributed by atoms with van der Waals surface area (Å²) < 4.78 is 0. The summed E-state index contributed by atoms with van der Waals surface area (Å²) in [4.78, 5) is 0. The van der Waals surface area contributed by atoms with Crippen molar-refractivity contribution < 1.29 is 5.11 Å². The van der Waals surface area contributed by atoms with Gasteiger partial charge in [-0.25, -0.2) is 0 Å². The molecule has 1 aliphatic carbocycles. The van der Waals surface area contributed by atoms with E-state index in [2.05, 4.69) is 12.8 Å². The summed E-state index contributed by atoms with van der Waals surface area (Å²) in [7, 11) is 0. The van der Waals surface area contributed by atoms with Gasteiger partial charge in [0, 0.05) is 0 Å². The van der Waals surface area contributed by atoms with E-state index in [4.69, 9.17) is 11.5 Å². The molecule has 1 aliphatic rings. The number of hydrogen-bond acceptors (Lipinski definition) is 1. The minimum atomic E-state index is -0.499. The summed E-state index contributed by atoms with van der Waals surface area (Å²) in [5, 5.41) is 9.05. The Hall–Kier alpha value is -0.480.